The summed E-state index contributed by atoms with van der Waals surface area (Å²) in [5, 5.41) is 43.2. The number of hydrogen-bond donors (Lipinski definition) is 6. The zero-order chi connectivity index (χ0) is 19.4. The van der Waals surface area contributed by atoms with Gasteiger partial charge >= 0.3 is 0 Å². The summed E-state index contributed by atoms with van der Waals surface area (Å²) in [4.78, 5) is 34.4. The minimum atomic E-state index is -1.67. The van der Waals surface area contributed by atoms with E-state index in [1.807, 2.05) is 0 Å². The lowest BCUT2D eigenvalue weighted by Crippen LogP contribution is -2.66. The van der Waals surface area contributed by atoms with E-state index in [4.69, 9.17) is 9.84 Å². The molecule has 1 rings (SSSR count). The number of aliphatic hydroxyl groups excluding tert-OH is 4. The second kappa shape index (κ2) is 8.87. The van der Waals surface area contributed by atoms with E-state index in [0.717, 1.165) is 0 Å². The number of hydrogen-bond acceptors (Lipinski definition) is 10. The average molecular weight is 381 g/mol. The molecule has 0 aromatic carbocycles. The number of nitrogens with zero attached hydrogens (tertiary/aromatic N) is 1. The van der Waals surface area contributed by atoms with Gasteiger partial charge in [0.2, 0.25) is 11.8 Å². The Morgan fingerprint density at radius 2 is 1.84 bits per heavy atom. The third kappa shape index (κ3) is 5.33. The molecule has 1 fully saturated rings. The van der Waals surface area contributed by atoms with Crippen LogP contribution in [0.5, 0.6) is 0 Å². The topological polar surface area (TPSA) is 178 Å². The molecule has 0 bridgehead atoms. The second-order valence-electron chi connectivity index (χ2n) is 6.16. The van der Waals surface area contributed by atoms with Crippen molar-refractivity contribution in [3.8, 4) is 0 Å². The number of nitrogens with one attached hydrogen (secondary N) is 2. The van der Waals surface area contributed by atoms with Gasteiger partial charge in [0.25, 0.3) is 0 Å². The fourth-order valence-electron chi connectivity index (χ4n) is 2.35. The zero-order valence-electron chi connectivity index (χ0n) is 13.9. The lowest BCUT2D eigenvalue weighted by molar-refractivity contribution is -0.236. The van der Waals surface area contributed by atoms with Crippen LogP contribution in [0, 0.1) is 4.91 Å². The van der Waals surface area contributed by atoms with Crippen LogP contribution in [0.4, 0.5) is 0 Å². The molecule has 25 heavy (non-hydrogen) atoms. The molecule has 0 spiro atoms. The van der Waals surface area contributed by atoms with Crippen molar-refractivity contribution < 1.29 is 34.8 Å². The molecule has 144 valence electrons. The second-order valence-corrected chi connectivity index (χ2v) is 7.54. The fraction of sp³-hybridized carbons (Fsp3) is 0.846. The molecule has 1 heterocycles. The maximum Gasteiger partial charge on any atom is 0.246 e. The van der Waals surface area contributed by atoms with Crippen molar-refractivity contribution in [2.75, 3.05) is 6.61 Å². The lowest BCUT2D eigenvalue weighted by Gasteiger charge is -2.41. The van der Waals surface area contributed by atoms with Gasteiger partial charge in [-0.15, -0.1) is 4.91 Å². The van der Waals surface area contributed by atoms with Gasteiger partial charge in [-0.2, -0.15) is 0 Å². The summed E-state index contributed by atoms with van der Waals surface area (Å²) in [5.41, 5.74) is 0. The summed E-state index contributed by atoms with van der Waals surface area (Å²) in [6.07, 6.45) is -7.52. The van der Waals surface area contributed by atoms with Crippen molar-refractivity contribution in [3.05, 3.63) is 4.91 Å². The van der Waals surface area contributed by atoms with E-state index in [1.54, 1.807) is 0 Å². The normalized spacial score (nSPS) is 31.1. The largest absolute Gasteiger partial charge is 0.394 e. The zero-order valence-corrected chi connectivity index (χ0v) is 14.8. The standard InChI is InChI=1S/C13H23N3O8S/c1-5(18)14-10(13(2,3)25-16-23)11(22)15-12-9(21)8(20)7(19)6(4-17)24-12/h6-10,12,17,19-21H,4H2,1-3H3,(H,14,18)(H,15,22)/t6-,7+,8+,9+,10-,12-/m1/s1. The van der Waals surface area contributed by atoms with E-state index in [9.17, 15) is 29.8 Å². The maximum absolute atomic E-state index is 12.5. The minimum Gasteiger partial charge on any atom is -0.394 e. The van der Waals surface area contributed by atoms with Crippen LogP contribution in [0.15, 0.2) is 4.58 Å². The summed E-state index contributed by atoms with van der Waals surface area (Å²) >= 11 is 0.542. The molecule has 6 N–H and O–H groups in total. The number of amides is 2. The molecular formula is C13H23N3O8S. The van der Waals surface area contributed by atoms with Crippen LogP contribution in [-0.2, 0) is 14.3 Å². The van der Waals surface area contributed by atoms with Gasteiger partial charge < -0.3 is 35.8 Å². The smallest absolute Gasteiger partial charge is 0.246 e. The van der Waals surface area contributed by atoms with E-state index < -0.39 is 59.9 Å². The highest BCUT2D eigenvalue weighted by atomic mass is 32.2. The molecular weight excluding hydrogens is 358 g/mol. The Labute approximate surface area is 148 Å². The Hall–Kier alpha value is -1.31. The molecule has 0 saturated carbocycles. The Kier molecular flexibility index (Phi) is 7.71. The van der Waals surface area contributed by atoms with E-state index >= 15 is 0 Å². The fourth-order valence-corrected chi connectivity index (χ4v) is 2.81. The highest BCUT2D eigenvalue weighted by molar-refractivity contribution is 7.99. The Bertz CT molecular complexity index is 504. The van der Waals surface area contributed by atoms with Crippen molar-refractivity contribution in [2.24, 2.45) is 4.58 Å². The highest BCUT2D eigenvalue weighted by Crippen LogP contribution is 2.29. The minimum absolute atomic E-state index is 0.534. The Morgan fingerprint density at radius 1 is 1.24 bits per heavy atom. The predicted molar refractivity (Wildman–Crippen MR) is 87.0 cm³/mol. The van der Waals surface area contributed by atoms with Crippen LogP contribution in [0.1, 0.15) is 20.8 Å². The summed E-state index contributed by atoms with van der Waals surface area (Å²) in [6.45, 7) is 3.55. The molecule has 11 nitrogen and oxygen atoms in total. The number of ether oxygens (including phenoxy) is 1. The molecule has 0 aliphatic carbocycles. The van der Waals surface area contributed by atoms with Gasteiger partial charge in [-0.25, -0.2) is 0 Å². The van der Waals surface area contributed by atoms with Gasteiger partial charge in [-0.05, 0) is 13.8 Å². The predicted octanol–water partition coefficient (Wildman–Crippen LogP) is -2.40. The van der Waals surface area contributed by atoms with E-state index in [2.05, 4.69) is 15.2 Å². The summed E-state index contributed by atoms with van der Waals surface area (Å²) in [6, 6.07) is -1.21. The van der Waals surface area contributed by atoms with Crippen LogP contribution in [0.3, 0.4) is 0 Å². The number of carbonyl (C=O) groups is 2. The van der Waals surface area contributed by atoms with Crippen LogP contribution in [-0.4, -0.2) is 80.3 Å². The lowest BCUT2D eigenvalue weighted by atomic mass is 9.97. The molecule has 1 saturated heterocycles. The molecule has 12 heteroatoms. The van der Waals surface area contributed by atoms with Crippen molar-refractivity contribution in [1.29, 1.82) is 0 Å². The first-order chi connectivity index (χ1) is 11.5. The summed E-state index contributed by atoms with van der Waals surface area (Å²) in [7, 11) is 0. The van der Waals surface area contributed by atoms with Crippen molar-refractivity contribution >= 4 is 23.8 Å². The molecule has 1 aliphatic rings. The Balaban J connectivity index is 2.94. The van der Waals surface area contributed by atoms with Crippen molar-refractivity contribution in [1.82, 2.24) is 10.6 Å². The maximum atomic E-state index is 12.5. The SMILES string of the molecule is CC(=O)N[C@H](C(=O)N[C@@H]1O[C@H](CO)[C@H](O)[C@H](O)[C@@H]1O)C(C)(C)SN=O. The highest BCUT2D eigenvalue weighted by Gasteiger charge is 2.46. The molecule has 0 aromatic heterocycles. The van der Waals surface area contributed by atoms with Gasteiger partial charge in [-0.1, -0.05) is 0 Å². The van der Waals surface area contributed by atoms with Gasteiger partial charge in [0.05, 0.1) is 11.4 Å². The third-order valence-corrected chi connectivity index (χ3v) is 4.54. The summed E-state index contributed by atoms with van der Waals surface area (Å²) in [5.74, 6) is -1.34. The van der Waals surface area contributed by atoms with Crippen LogP contribution >= 0.6 is 11.9 Å². The first kappa shape index (κ1) is 21.7. The van der Waals surface area contributed by atoms with E-state index in [1.165, 1.54) is 20.8 Å². The molecule has 6 atom stereocenters. The van der Waals surface area contributed by atoms with Crippen molar-refractivity contribution in [2.45, 2.75) is 62.2 Å². The monoisotopic (exact) mass is 381 g/mol. The van der Waals surface area contributed by atoms with Crippen LogP contribution in [0.25, 0.3) is 0 Å². The number of rotatable bonds is 7. The van der Waals surface area contributed by atoms with Gasteiger partial charge in [0, 0.05) is 23.5 Å². The Morgan fingerprint density at radius 3 is 2.32 bits per heavy atom. The quantitative estimate of drug-likeness (QED) is 0.207. The van der Waals surface area contributed by atoms with Crippen LogP contribution in [0.2, 0.25) is 0 Å². The van der Waals surface area contributed by atoms with Gasteiger partial charge in [0.15, 0.2) is 6.23 Å². The molecule has 1 aliphatic heterocycles. The molecule has 0 unspecified atom stereocenters. The van der Waals surface area contributed by atoms with Crippen LogP contribution < -0.4 is 10.6 Å². The number of carbonyl (C=O) groups excluding carboxylic acids is 2. The van der Waals surface area contributed by atoms with Crippen molar-refractivity contribution in [3.63, 3.8) is 0 Å². The average Bonchev–Trinajstić information content (AvgIpc) is 2.52. The van der Waals surface area contributed by atoms with E-state index in [0.29, 0.717) is 11.9 Å². The number of nitroso groups, excluding NO2 is 1. The van der Waals surface area contributed by atoms with Gasteiger partial charge in [-0.3, -0.25) is 9.59 Å². The summed E-state index contributed by atoms with van der Waals surface area (Å²) < 4.78 is 6.74. The molecule has 0 aromatic rings. The first-order valence-electron chi connectivity index (χ1n) is 7.44. The molecule has 2 amide bonds. The van der Waals surface area contributed by atoms with Gasteiger partial charge in [0.1, 0.15) is 30.5 Å². The number of aliphatic hydroxyl groups is 4. The molecule has 0 radical (unpaired) electrons. The third-order valence-electron chi connectivity index (χ3n) is 3.75. The van der Waals surface area contributed by atoms with E-state index in [-0.39, 0.29) is 0 Å². The first-order valence-corrected chi connectivity index (χ1v) is 8.21.